The molecule has 1 aliphatic heterocycles. The van der Waals surface area contributed by atoms with Crippen LogP contribution in [0.2, 0.25) is 0 Å². The molecule has 0 bridgehead atoms. The van der Waals surface area contributed by atoms with Crippen molar-refractivity contribution in [2.75, 3.05) is 31.4 Å². The Morgan fingerprint density at radius 3 is 2.83 bits per heavy atom. The Bertz CT molecular complexity index is 520. The van der Waals surface area contributed by atoms with Gasteiger partial charge in [0.05, 0.1) is 13.4 Å². The van der Waals surface area contributed by atoms with E-state index in [0.717, 1.165) is 13.0 Å². The summed E-state index contributed by atoms with van der Waals surface area (Å²) in [6.45, 7) is 1.30. The Labute approximate surface area is 106 Å². The van der Waals surface area contributed by atoms with Gasteiger partial charge in [-0.2, -0.15) is 0 Å². The van der Waals surface area contributed by atoms with Gasteiger partial charge in [-0.1, -0.05) is 0 Å². The van der Waals surface area contributed by atoms with Crippen molar-refractivity contribution >= 4 is 15.8 Å². The molecule has 1 N–H and O–H groups in total. The number of hydrogen-bond donors (Lipinski definition) is 1. The number of hydrogen-bond acceptors (Lipinski definition) is 6. The fourth-order valence-electron chi connectivity index (χ4n) is 2.03. The monoisotopic (exact) mass is 272 g/mol. The quantitative estimate of drug-likeness (QED) is 0.804. The third kappa shape index (κ3) is 3.08. The van der Waals surface area contributed by atoms with Crippen molar-refractivity contribution < 1.29 is 13.2 Å². The molecule has 0 radical (unpaired) electrons. The predicted molar refractivity (Wildman–Crippen MR) is 67.2 cm³/mol. The van der Waals surface area contributed by atoms with E-state index in [1.807, 2.05) is 4.90 Å². The maximum absolute atomic E-state index is 11.2. The first-order valence-corrected chi connectivity index (χ1v) is 7.46. The van der Waals surface area contributed by atoms with Crippen molar-refractivity contribution in [1.82, 2.24) is 14.7 Å². The minimum absolute atomic E-state index is 0.0910. The summed E-state index contributed by atoms with van der Waals surface area (Å²) in [5.41, 5.74) is 0. The van der Waals surface area contributed by atoms with Crippen LogP contribution in [0.15, 0.2) is 12.4 Å². The van der Waals surface area contributed by atoms with Crippen molar-refractivity contribution in [3.8, 4) is 5.88 Å². The van der Waals surface area contributed by atoms with Crippen molar-refractivity contribution in [3.63, 3.8) is 0 Å². The molecule has 0 aromatic carbocycles. The normalized spacial score (nSPS) is 20.1. The molecule has 1 aliphatic rings. The third-order valence-corrected chi connectivity index (χ3v) is 3.47. The molecular formula is C10H16N4O3S. The highest BCUT2D eigenvalue weighted by molar-refractivity contribution is 7.88. The lowest BCUT2D eigenvalue weighted by molar-refractivity contribution is 0.396. The highest BCUT2D eigenvalue weighted by Gasteiger charge is 2.27. The van der Waals surface area contributed by atoms with Gasteiger partial charge in [0.25, 0.3) is 5.88 Å². The lowest BCUT2D eigenvalue weighted by Gasteiger charge is -2.18. The largest absolute Gasteiger partial charge is 0.478 e. The van der Waals surface area contributed by atoms with Gasteiger partial charge in [-0.05, 0) is 6.42 Å². The van der Waals surface area contributed by atoms with E-state index in [-0.39, 0.29) is 6.04 Å². The Morgan fingerprint density at radius 2 is 2.17 bits per heavy atom. The molecule has 1 fully saturated rings. The minimum Gasteiger partial charge on any atom is -0.478 e. The van der Waals surface area contributed by atoms with Gasteiger partial charge in [-0.15, -0.1) is 0 Å². The van der Waals surface area contributed by atoms with Crippen LogP contribution in [0.5, 0.6) is 5.88 Å². The molecule has 2 heterocycles. The molecule has 1 saturated heterocycles. The molecular weight excluding hydrogens is 256 g/mol. The smallest absolute Gasteiger partial charge is 0.257 e. The summed E-state index contributed by atoms with van der Waals surface area (Å²) < 4.78 is 30.1. The molecule has 1 atom stereocenters. The maximum atomic E-state index is 11.2. The molecule has 2 rings (SSSR count). The summed E-state index contributed by atoms with van der Waals surface area (Å²) in [5, 5.41) is 0. The average molecular weight is 272 g/mol. The average Bonchev–Trinajstić information content (AvgIpc) is 2.75. The molecule has 1 aromatic rings. The molecule has 8 heteroatoms. The molecule has 0 amide bonds. The van der Waals surface area contributed by atoms with E-state index < -0.39 is 10.0 Å². The van der Waals surface area contributed by atoms with Crippen LogP contribution >= 0.6 is 0 Å². The van der Waals surface area contributed by atoms with E-state index in [0.29, 0.717) is 18.2 Å². The Hall–Kier alpha value is -1.41. The SMILES string of the molecule is COc1nccnc1N1CCC(NS(C)(=O)=O)C1. The highest BCUT2D eigenvalue weighted by atomic mass is 32.2. The molecule has 7 nitrogen and oxygen atoms in total. The van der Waals surface area contributed by atoms with Gasteiger partial charge < -0.3 is 9.64 Å². The van der Waals surface area contributed by atoms with Crippen molar-refractivity contribution in [2.24, 2.45) is 0 Å². The van der Waals surface area contributed by atoms with E-state index in [9.17, 15) is 8.42 Å². The standard InChI is InChI=1S/C10H16N4O3S/c1-17-10-9(11-4-5-12-10)14-6-3-8(7-14)13-18(2,15)16/h4-5,8,13H,3,6-7H2,1-2H3. The van der Waals surface area contributed by atoms with Crippen LogP contribution in [0.25, 0.3) is 0 Å². The Morgan fingerprint density at radius 1 is 1.44 bits per heavy atom. The third-order valence-electron chi connectivity index (χ3n) is 2.71. The van der Waals surface area contributed by atoms with Gasteiger partial charge in [0.15, 0.2) is 5.82 Å². The molecule has 0 saturated carbocycles. The molecule has 100 valence electrons. The van der Waals surface area contributed by atoms with Crippen molar-refractivity contribution in [1.29, 1.82) is 0 Å². The van der Waals surface area contributed by atoms with Crippen LogP contribution in [0.3, 0.4) is 0 Å². The summed E-state index contributed by atoms with van der Waals surface area (Å²) >= 11 is 0. The maximum Gasteiger partial charge on any atom is 0.257 e. The number of aromatic nitrogens is 2. The summed E-state index contributed by atoms with van der Waals surface area (Å²) in [5.74, 6) is 1.11. The Balaban J connectivity index is 2.09. The van der Waals surface area contributed by atoms with E-state index >= 15 is 0 Å². The first-order chi connectivity index (χ1) is 8.49. The van der Waals surface area contributed by atoms with E-state index in [1.54, 1.807) is 12.4 Å². The summed E-state index contributed by atoms with van der Waals surface area (Å²) in [4.78, 5) is 10.3. The lowest BCUT2D eigenvalue weighted by Crippen LogP contribution is -2.36. The zero-order chi connectivity index (χ0) is 13.2. The number of nitrogens with one attached hydrogen (secondary N) is 1. The number of sulfonamides is 1. The second-order valence-corrected chi connectivity index (χ2v) is 5.99. The molecule has 0 spiro atoms. The number of rotatable bonds is 4. The van der Waals surface area contributed by atoms with E-state index in [1.165, 1.54) is 13.4 Å². The molecule has 1 aromatic heterocycles. The number of anilines is 1. The van der Waals surface area contributed by atoms with Gasteiger partial charge in [-0.25, -0.2) is 23.1 Å². The van der Waals surface area contributed by atoms with Crippen molar-refractivity contribution in [2.45, 2.75) is 12.5 Å². The molecule has 18 heavy (non-hydrogen) atoms. The van der Waals surface area contributed by atoms with Crippen LogP contribution in [0.1, 0.15) is 6.42 Å². The summed E-state index contributed by atoms with van der Waals surface area (Å²) in [6.07, 6.45) is 5.06. The van der Waals surface area contributed by atoms with Gasteiger partial charge >= 0.3 is 0 Å². The lowest BCUT2D eigenvalue weighted by atomic mass is 10.3. The van der Waals surface area contributed by atoms with Crippen LogP contribution < -0.4 is 14.4 Å². The fraction of sp³-hybridized carbons (Fsp3) is 0.600. The highest BCUT2D eigenvalue weighted by Crippen LogP contribution is 2.25. The zero-order valence-electron chi connectivity index (χ0n) is 10.3. The topological polar surface area (TPSA) is 84.4 Å². The minimum atomic E-state index is -3.17. The predicted octanol–water partition coefficient (Wildman–Crippen LogP) is -0.387. The summed E-state index contributed by atoms with van der Waals surface area (Å²) in [7, 11) is -1.64. The van der Waals surface area contributed by atoms with Crippen LogP contribution in [0.4, 0.5) is 5.82 Å². The molecule has 1 unspecified atom stereocenters. The second-order valence-electron chi connectivity index (χ2n) is 4.21. The first-order valence-electron chi connectivity index (χ1n) is 5.57. The van der Waals surface area contributed by atoms with Gasteiger partial charge in [0, 0.05) is 31.5 Å². The zero-order valence-corrected chi connectivity index (χ0v) is 11.1. The fourth-order valence-corrected chi connectivity index (χ4v) is 2.83. The first kappa shape index (κ1) is 13.0. The van der Waals surface area contributed by atoms with Crippen LogP contribution in [0, 0.1) is 0 Å². The van der Waals surface area contributed by atoms with Crippen LogP contribution in [-0.2, 0) is 10.0 Å². The van der Waals surface area contributed by atoms with Crippen molar-refractivity contribution in [3.05, 3.63) is 12.4 Å². The Kier molecular flexibility index (Phi) is 3.67. The number of nitrogens with zero attached hydrogens (tertiary/aromatic N) is 3. The van der Waals surface area contributed by atoms with Crippen LogP contribution in [-0.4, -0.2) is 50.9 Å². The van der Waals surface area contributed by atoms with Gasteiger partial charge in [-0.3, -0.25) is 0 Å². The van der Waals surface area contributed by atoms with E-state index in [4.69, 9.17) is 4.74 Å². The van der Waals surface area contributed by atoms with Gasteiger partial charge in [0.1, 0.15) is 0 Å². The molecule has 0 aliphatic carbocycles. The van der Waals surface area contributed by atoms with E-state index in [2.05, 4.69) is 14.7 Å². The summed E-state index contributed by atoms with van der Waals surface area (Å²) in [6, 6.07) is -0.0910. The second kappa shape index (κ2) is 5.07. The number of ether oxygens (including phenoxy) is 1. The number of methoxy groups -OCH3 is 1. The van der Waals surface area contributed by atoms with Gasteiger partial charge in [0.2, 0.25) is 10.0 Å².